The van der Waals surface area contributed by atoms with Crippen molar-refractivity contribution in [3.63, 3.8) is 0 Å². The first kappa shape index (κ1) is 16.3. The van der Waals surface area contributed by atoms with Crippen LogP contribution in [0, 0.1) is 23.2 Å². The van der Waals surface area contributed by atoms with Gasteiger partial charge < -0.3 is 15.5 Å². The van der Waals surface area contributed by atoms with E-state index in [0.29, 0.717) is 6.54 Å². The van der Waals surface area contributed by atoms with E-state index in [1.807, 2.05) is 30.3 Å². The molecule has 0 atom stereocenters. The second kappa shape index (κ2) is 6.91. The molecule has 23 heavy (non-hydrogen) atoms. The van der Waals surface area contributed by atoms with Crippen molar-refractivity contribution in [3.8, 4) is 0 Å². The van der Waals surface area contributed by atoms with Crippen molar-refractivity contribution in [2.75, 3.05) is 18.5 Å². The summed E-state index contributed by atoms with van der Waals surface area (Å²) in [6.45, 7) is 0.791. The van der Waals surface area contributed by atoms with Crippen LogP contribution < -0.4 is 5.32 Å². The number of rotatable bonds is 4. The second-order valence-corrected chi connectivity index (χ2v) is 7.52. The van der Waals surface area contributed by atoms with Gasteiger partial charge in [-0.05, 0) is 68.4 Å². The zero-order valence-electron chi connectivity index (χ0n) is 13.6. The predicted molar refractivity (Wildman–Crippen MR) is 90.3 cm³/mol. The number of nitrogens with one attached hydrogen (secondary N) is 1. The maximum Gasteiger partial charge on any atom is 0.309 e. The van der Waals surface area contributed by atoms with Gasteiger partial charge in [-0.15, -0.1) is 0 Å². The van der Waals surface area contributed by atoms with E-state index in [-0.39, 0.29) is 12.0 Å². The Morgan fingerprint density at radius 1 is 1.04 bits per heavy atom. The van der Waals surface area contributed by atoms with Crippen molar-refractivity contribution in [1.29, 1.82) is 0 Å². The molecule has 1 aromatic rings. The van der Waals surface area contributed by atoms with Crippen LogP contribution in [0.4, 0.5) is 5.69 Å². The molecule has 4 aliphatic carbocycles. The zero-order valence-corrected chi connectivity index (χ0v) is 13.6. The molecule has 1 aromatic carbocycles. The van der Waals surface area contributed by atoms with Gasteiger partial charge in [0.15, 0.2) is 0 Å². The lowest BCUT2D eigenvalue weighted by molar-refractivity contribution is -0.164. The van der Waals surface area contributed by atoms with Crippen LogP contribution in [0.1, 0.15) is 38.5 Å². The smallest absolute Gasteiger partial charge is 0.309 e. The molecule has 3 N–H and O–H groups in total. The molecule has 4 saturated carbocycles. The van der Waals surface area contributed by atoms with Gasteiger partial charge in [0.05, 0.1) is 12.0 Å². The maximum atomic E-state index is 11.3. The normalized spacial score (nSPS) is 33.7. The van der Waals surface area contributed by atoms with Crippen LogP contribution in [0.5, 0.6) is 0 Å². The summed E-state index contributed by atoms with van der Waals surface area (Å²) in [6, 6.07) is 9.81. The second-order valence-electron chi connectivity index (χ2n) is 7.52. The van der Waals surface area contributed by atoms with Crippen LogP contribution >= 0.6 is 0 Å². The zero-order chi connectivity index (χ0) is 16.3. The first-order chi connectivity index (χ1) is 11.1. The SMILES string of the molecule is O=C(O)C12CC3CC(CC(C3)C1)C2.OCCNc1ccccc1. The summed E-state index contributed by atoms with van der Waals surface area (Å²) >= 11 is 0. The fourth-order valence-electron chi connectivity index (χ4n) is 5.13. The molecule has 0 aromatic heterocycles. The molecule has 0 amide bonds. The summed E-state index contributed by atoms with van der Waals surface area (Å²) in [4.78, 5) is 11.3. The molecule has 4 fully saturated rings. The summed E-state index contributed by atoms with van der Waals surface area (Å²) in [5.74, 6) is 1.75. The van der Waals surface area contributed by atoms with Gasteiger partial charge in [0.2, 0.25) is 0 Å². The number of carboxylic acids is 1. The quantitative estimate of drug-likeness (QED) is 0.796. The molecule has 0 heterocycles. The fraction of sp³-hybridized carbons (Fsp3) is 0.632. The van der Waals surface area contributed by atoms with Crippen molar-refractivity contribution in [2.45, 2.75) is 38.5 Å². The van der Waals surface area contributed by atoms with Gasteiger partial charge in [-0.1, -0.05) is 18.2 Å². The van der Waals surface area contributed by atoms with Crippen molar-refractivity contribution in [1.82, 2.24) is 0 Å². The molecule has 0 saturated heterocycles. The molecule has 0 radical (unpaired) electrons. The van der Waals surface area contributed by atoms with E-state index in [1.165, 1.54) is 19.3 Å². The van der Waals surface area contributed by atoms with Gasteiger partial charge in [0, 0.05) is 12.2 Å². The Labute approximate surface area is 137 Å². The number of anilines is 1. The first-order valence-electron chi connectivity index (χ1n) is 8.74. The lowest BCUT2D eigenvalue weighted by atomic mass is 9.49. The molecule has 5 rings (SSSR count). The third-order valence-electron chi connectivity index (χ3n) is 5.71. The maximum absolute atomic E-state index is 11.3. The summed E-state index contributed by atoms with van der Waals surface area (Å²) in [6.07, 6.45) is 6.92. The van der Waals surface area contributed by atoms with Gasteiger partial charge in [-0.3, -0.25) is 4.79 Å². The molecule has 4 aliphatic rings. The molecule has 4 nitrogen and oxygen atoms in total. The highest BCUT2D eigenvalue weighted by molar-refractivity contribution is 5.75. The van der Waals surface area contributed by atoms with Crippen LogP contribution in [-0.4, -0.2) is 29.3 Å². The molecule has 126 valence electrons. The molecule has 4 heteroatoms. The minimum absolute atomic E-state index is 0.175. The average Bonchev–Trinajstić information content (AvgIpc) is 2.53. The molecule has 0 unspecified atom stereocenters. The number of carboxylic acid groups (broad SMARTS) is 1. The van der Waals surface area contributed by atoms with Crippen LogP contribution in [-0.2, 0) is 4.79 Å². The summed E-state index contributed by atoms with van der Waals surface area (Å²) < 4.78 is 0. The third-order valence-corrected chi connectivity index (χ3v) is 5.71. The summed E-state index contributed by atoms with van der Waals surface area (Å²) in [5.41, 5.74) is 0.769. The number of aliphatic hydroxyl groups is 1. The first-order valence-corrected chi connectivity index (χ1v) is 8.74. The third kappa shape index (κ3) is 3.69. The van der Waals surface area contributed by atoms with Gasteiger partial charge in [-0.25, -0.2) is 0 Å². The van der Waals surface area contributed by atoms with Crippen LogP contribution in [0.2, 0.25) is 0 Å². The molecular formula is C19H27NO3. The van der Waals surface area contributed by atoms with Crippen molar-refractivity contribution < 1.29 is 15.0 Å². The van der Waals surface area contributed by atoms with E-state index >= 15 is 0 Å². The van der Waals surface area contributed by atoms with E-state index in [1.54, 1.807) is 0 Å². The minimum Gasteiger partial charge on any atom is -0.481 e. The molecule has 0 aliphatic heterocycles. The highest BCUT2D eigenvalue weighted by atomic mass is 16.4. The minimum atomic E-state index is -0.508. The highest BCUT2D eigenvalue weighted by Gasteiger charge is 2.54. The summed E-state index contributed by atoms with van der Waals surface area (Å²) in [7, 11) is 0. The Hall–Kier alpha value is -1.55. The van der Waals surface area contributed by atoms with Crippen molar-refractivity contribution in [3.05, 3.63) is 30.3 Å². The van der Waals surface area contributed by atoms with E-state index < -0.39 is 5.97 Å². The number of para-hydroxylation sites is 1. The number of benzene rings is 1. The Kier molecular flexibility index (Phi) is 4.90. The lowest BCUT2D eigenvalue weighted by Crippen LogP contribution is -2.49. The Morgan fingerprint density at radius 3 is 2.00 bits per heavy atom. The van der Waals surface area contributed by atoms with E-state index in [0.717, 1.165) is 42.7 Å². The van der Waals surface area contributed by atoms with E-state index in [2.05, 4.69) is 5.32 Å². The summed E-state index contributed by atoms with van der Waals surface area (Å²) in [5, 5.41) is 20.8. The average molecular weight is 317 g/mol. The number of hydrogen-bond donors (Lipinski definition) is 3. The fourth-order valence-corrected chi connectivity index (χ4v) is 5.13. The van der Waals surface area contributed by atoms with Gasteiger partial charge in [0.1, 0.15) is 0 Å². The Bertz CT molecular complexity index is 493. The number of aliphatic carboxylic acids is 1. The lowest BCUT2D eigenvalue weighted by Gasteiger charge is -2.54. The van der Waals surface area contributed by atoms with Gasteiger partial charge in [0.25, 0.3) is 0 Å². The largest absolute Gasteiger partial charge is 0.481 e. The molecule has 0 spiro atoms. The molecule has 4 bridgehead atoms. The number of hydrogen-bond acceptors (Lipinski definition) is 3. The highest BCUT2D eigenvalue weighted by Crippen LogP contribution is 2.59. The molecular weight excluding hydrogens is 290 g/mol. The Morgan fingerprint density at radius 2 is 1.57 bits per heavy atom. The number of carbonyl (C=O) groups is 1. The van der Waals surface area contributed by atoms with Crippen LogP contribution in [0.3, 0.4) is 0 Å². The van der Waals surface area contributed by atoms with Gasteiger partial charge in [-0.2, -0.15) is 0 Å². The monoisotopic (exact) mass is 317 g/mol. The van der Waals surface area contributed by atoms with Crippen LogP contribution in [0.25, 0.3) is 0 Å². The van der Waals surface area contributed by atoms with Gasteiger partial charge >= 0.3 is 5.97 Å². The standard InChI is InChI=1S/C11H16O2.C8H11NO/c12-10(13)11-4-7-1-8(5-11)3-9(2-7)6-11;10-7-6-9-8-4-2-1-3-5-8/h7-9H,1-6H2,(H,12,13);1-5,9-10H,6-7H2. The van der Waals surface area contributed by atoms with Crippen molar-refractivity contribution in [2.24, 2.45) is 23.2 Å². The topological polar surface area (TPSA) is 69.6 Å². The Balaban J connectivity index is 0.000000142. The van der Waals surface area contributed by atoms with E-state index in [9.17, 15) is 9.90 Å². The van der Waals surface area contributed by atoms with Crippen molar-refractivity contribution >= 4 is 11.7 Å². The van der Waals surface area contributed by atoms with E-state index in [4.69, 9.17) is 5.11 Å². The number of aliphatic hydroxyl groups excluding tert-OH is 1. The van der Waals surface area contributed by atoms with Crippen LogP contribution in [0.15, 0.2) is 30.3 Å². The predicted octanol–water partition coefficient (Wildman–Crippen LogP) is 3.38.